The van der Waals surface area contributed by atoms with Gasteiger partial charge in [-0.1, -0.05) is 18.2 Å². The molecule has 1 aliphatic rings. The molecular formula is C24H27N5O5. The lowest BCUT2D eigenvalue weighted by Gasteiger charge is -2.18. The highest BCUT2D eigenvalue weighted by molar-refractivity contribution is 6.09. The Hall–Kier alpha value is -4.21. The van der Waals surface area contributed by atoms with Gasteiger partial charge in [0.1, 0.15) is 11.9 Å². The third-order valence-electron chi connectivity index (χ3n) is 5.15. The maximum atomic E-state index is 12.7. The molecule has 0 saturated carbocycles. The number of nitrogens with one attached hydrogen (secondary N) is 2. The number of aliphatic imine (C=N–C) groups is 1. The predicted molar refractivity (Wildman–Crippen MR) is 126 cm³/mol. The Morgan fingerprint density at radius 1 is 1.09 bits per heavy atom. The number of carbonyl (C=O) groups is 4. The number of esters is 1. The van der Waals surface area contributed by atoms with Gasteiger partial charge in [0.25, 0.3) is 5.91 Å². The van der Waals surface area contributed by atoms with Crippen molar-refractivity contribution in [2.45, 2.75) is 25.8 Å². The highest BCUT2D eigenvalue weighted by atomic mass is 16.5. The number of nitrogens with zero attached hydrogens (tertiary/aromatic N) is 2. The van der Waals surface area contributed by atoms with E-state index >= 15 is 0 Å². The van der Waals surface area contributed by atoms with Crippen LogP contribution in [0.1, 0.15) is 35.7 Å². The summed E-state index contributed by atoms with van der Waals surface area (Å²) in [6.45, 7) is 2.54. The van der Waals surface area contributed by atoms with E-state index in [0.717, 1.165) is 0 Å². The van der Waals surface area contributed by atoms with Crippen molar-refractivity contribution in [1.82, 2.24) is 10.6 Å². The first-order chi connectivity index (χ1) is 16.4. The summed E-state index contributed by atoms with van der Waals surface area (Å²) in [7, 11) is 0. The molecule has 3 rings (SSSR count). The van der Waals surface area contributed by atoms with E-state index in [-0.39, 0.29) is 31.3 Å². The Labute approximate surface area is 197 Å². The largest absolute Gasteiger partial charge is 0.466 e. The number of ether oxygens (including phenoxy) is 1. The first-order valence-corrected chi connectivity index (χ1v) is 10.9. The fourth-order valence-electron chi connectivity index (χ4n) is 3.42. The van der Waals surface area contributed by atoms with Crippen LogP contribution in [0.2, 0.25) is 0 Å². The second-order valence-corrected chi connectivity index (χ2v) is 7.50. The van der Waals surface area contributed by atoms with Crippen molar-refractivity contribution in [3.63, 3.8) is 0 Å². The highest BCUT2D eigenvalue weighted by Gasteiger charge is 2.33. The minimum Gasteiger partial charge on any atom is -0.466 e. The normalized spacial score (nSPS) is 15.7. The smallest absolute Gasteiger partial charge is 0.315 e. The topological polar surface area (TPSA) is 143 Å². The van der Waals surface area contributed by atoms with Gasteiger partial charge in [0.15, 0.2) is 0 Å². The van der Waals surface area contributed by atoms with Gasteiger partial charge in [0, 0.05) is 29.9 Å². The standard InChI is InChI=1S/C24H27N5O5/c1-2-34-20(30)12-14-26-24(33)27-19-13-15-29(23(19)32)18-10-8-16(9-11-18)21(25)28-22(31)17-6-4-3-5-7-17/h3-11,19H,2,12-15H2,1H3,(H2,25,28,31)(H2,26,27,33)/t19-/m0/s1. The molecule has 0 bridgehead atoms. The van der Waals surface area contributed by atoms with E-state index in [2.05, 4.69) is 15.6 Å². The minimum atomic E-state index is -0.669. The van der Waals surface area contributed by atoms with Crippen LogP contribution in [0.25, 0.3) is 0 Å². The Bertz CT molecular complexity index is 1070. The minimum absolute atomic E-state index is 0.0573. The molecule has 1 fully saturated rings. The Morgan fingerprint density at radius 2 is 1.79 bits per heavy atom. The van der Waals surface area contributed by atoms with Crippen LogP contribution in [0.4, 0.5) is 10.5 Å². The van der Waals surface area contributed by atoms with E-state index < -0.39 is 23.9 Å². The van der Waals surface area contributed by atoms with Crippen LogP contribution in [0.15, 0.2) is 59.6 Å². The highest BCUT2D eigenvalue weighted by Crippen LogP contribution is 2.22. The van der Waals surface area contributed by atoms with Gasteiger partial charge < -0.3 is 26.0 Å². The van der Waals surface area contributed by atoms with Crippen molar-refractivity contribution >= 4 is 35.3 Å². The molecule has 0 radical (unpaired) electrons. The zero-order valence-electron chi connectivity index (χ0n) is 18.8. The molecule has 34 heavy (non-hydrogen) atoms. The molecule has 178 valence electrons. The quantitative estimate of drug-likeness (QED) is 0.307. The molecule has 1 aliphatic heterocycles. The summed E-state index contributed by atoms with van der Waals surface area (Å²) in [6.07, 6.45) is 0.503. The number of nitrogens with two attached hydrogens (primary N) is 1. The third-order valence-corrected chi connectivity index (χ3v) is 5.15. The zero-order chi connectivity index (χ0) is 24.5. The second kappa shape index (κ2) is 11.6. The molecule has 1 atom stereocenters. The maximum absolute atomic E-state index is 12.7. The fourth-order valence-corrected chi connectivity index (χ4v) is 3.42. The Morgan fingerprint density at radius 3 is 2.47 bits per heavy atom. The van der Waals surface area contributed by atoms with Crippen molar-refractivity contribution in [2.75, 3.05) is 24.6 Å². The molecule has 1 heterocycles. The molecule has 10 heteroatoms. The van der Waals surface area contributed by atoms with E-state index in [1.807, 2.05) is 0 Å². The van der Waals surface area contributed by atoms with Gasteiger partial charge in [0.05, 0.1) is 13.0 Å². The summed E-state index contributed by atoms with van der Waals surface area (Å²) in [6, 6.07) is 14.2. The summed E-state index contributed by atoms with van der Waals surface area (Å²) in [5.41, 5.74) is 7.61. The van der Waals surface area contributed by atoms with Gasteiger partial charge in [-0.3, -0.25) is 14.4 Å². The monoisotopic (exact) mass is 465 g/mol. The van der Waals surface area contributed by atoms with Crippen LogP contribution in [0, 0.1) is 0 Å². The van der Waals surface area contributed by atoms with Crippen LogP contribution in [0.5, 0.6) is 0 Å². The second-order valence-electron chi connectivity index (χ2n) is 7.50. The molecule has 1 saturated heterocycles. The molecule has 0 spiro atoms. The number of hydrogen-bond donors (Lipinski definition) is 3. The average molecular weight is 466 g/mol. The summed E-state index contributed by atoms with van der Waals surface area (Å²) in [5.74, 6) is -1.00. The van der Waals surface area contributed by atoms with Crippen LogP contribution in [-0.2, 0) is 14.3 Å². The summed E-state index contributed by atoms with van der Waals surface area (Å²) < 4.78 is 4.80. The molecule has 10 nitrogen and oxygen atoms in total. The van der Waals surface area contributed by atoms with Gasteiger partial charge >= 0.3 is 12.0 Å². The molecule has 4 N–H and O–H groups in total. The fraction of sp³-hybridized carbons (Fsp3) is 0.292. The van der Waals surface area contributed by atoms with E-state index in [4.69, 9.17) is 10.5 Å². The molecular weight excluding hydrogens is 438 g/mol. The van der Waals surface area contributed by atoms with Gasteiger partial charge in [-0.2, -0.15) is 4.99 Å². The van der Waals surface area contributed by atoms with Crippen LogP contribution in [0.3, 0.4) is 0 Å². The number of anilines is 1. The lowest BCUT2D eigenvalue weighted by atomic mass is 10.1. The molecule has 0 unspecified atom stereocenters. The van der Waals surface area contributed by atoms with Crippen molar-refractivity contribution in [3.05, 3.63) is 65.7 Å². The van der Waals surface area contributed by atoms with Crippen molar-refractivity contribution in [2.24, 2.45) is 10.7 Å². The van der Waals surface area contributed by atoms with E-state index in [1.54, 1.807) is 66.4 Å². The number of carbonyl (C=O) groups excluding carboxylic acids is 4. The number of benzene rings is 2. The van der Waals surface area contributed by atoms with Crippen LogP contribution < -0.4 is 21.3 Å². The Balaban J connectivity index is 1.54. The van der Waals surface area contributed by atoms with E-state index in [9.17, 15) is 19.2 Å². The third kappa shape index (κ3) is 6.41. The molecule has 0 aromatic heterocycles. The number of hydrogen-bond acceptors (Lipinski definition) is 5. The number of rotatable bonds is 8. The van der Waals surface area contributed by atoms with Gasteiger partial charge in [0.2, 0.25) is 5.91 Å². The average Bonchev–Trinajstić information content (AvgIpc) is 3.19. The van der Waals surface area contributed by atoms with Crippen LogP contribution >= 0.6 is 0 Å². The summed E-state index contributed by atoms with van der Waals surface area (Å²) in [4.78, 5) is 53.8. The first-order valence-electron chi connectivity index (χ1n) is 10.9. The SMILES string of the molecule is CCOC(=O)CCNC(=O)N[C@H]1CCN(c2ccc(C(N)=NC(=O)c3ccccc3)cc2)C1=O. The lowest BCUT2D eigenvalue weighted by Crippen LogP contribution is -2.46. The first kappa shape index (κ1) is 24.4. The maximum Gasteiger partial charge on any atom is 0.315 e. The van der Waals surface area contributed by atoms with E-state index in [1.165, 1.54) is 0 Å². The molecule has 2 aromatic rings. The van der Waals surface area contributed by atoms with Gasteiger partial charge in [-0.15, -0.1) is 0 Å². The molecule has 0 aliphatic carbocycles. The number of urea groups is 1. The zero-order valence-corrected chi connectivity index (χ0v) is 18.8. The predicted octanol–water partition coefficient (Wildman–Crippen LogP) is 1.59. The van der Waals surface area contributed by atoms with Crippen LogP contribution in [-0.4, -0.2) is 55.4 Å². The van der Waals surface area contributed by atoms with E-state index in [0.29, 0.717) is 29.8 Å². The van der Waals surface area contributed by atoms with Gasteiger partial charge in [-0.05, 0) is 49.7 Å². The Kier molecular flexibility index (Phi) is 8.33. The molecule has 2 aromatic carbocycles. The lowest BCUT2D eigenvalue weighted by molar-refractivity contribution is -0.142. The molecule has 4 amide bonds. The number of amidine groups is 1. The van der Waals surface area contributed by atoms with Crippen molar-refractivity contribution in [3.8, 4) is 0 Å². The van der Waals surface area contributed by atoms with Gasteiger partial charge in [-0.25, -0.2) is 4.79 Å². The summed E-state index contributed by atoms with van der Waals surface area (Å²) >= 11 is 0. The van der Waals surface area contributed by atoms with Crippen molar-refractivity contribution in [1.29, 1.82) is 0 Å². The summed E-state index contributed by atoms with van der Waals surface area (Å²) in [5, 5.41) is 5.18. The number of amides is 4. The van der Waals surface area contributed by atoms with Crippen molar-refractivity contribution < 1.29 is 23.9 Å².